The van der Waals surface area contributed by atoms with Gasteiger partial charge in [-0.1, -0.05) is 49.5 Å². The van der Waals surface area contributed by atoms with E-state index in [9.17, 15) is 10.1 Å². The zero-order valence-electron chi connectivity index (χ0n) is 9.98. The average molecular weight is 421 g/mol. The first-order valence-electron chi connectivity index (χ1n) is 5.47. The first-order valence-corrected chi connectivity index (χ1v) is 7.76. The zero-order valence-corrected chi connectivity index (χ0v) is 13.9. The van der Waals surface area contributed by atoms with Crippen molar-refractivity contribution in [3.8, 4) is 11.5 Å². The van der Waals surface area contributed by atoms with Crippen molar-refractivity contribution in [1.82, 2.24) is 0 Å². The molecule has 2 aromatic carbocycles. The van der Waals surface area contributed by atoms with Crippen LogP contribution in [0.3, 0.4) is 0 Å². The molecule has 20 heavy (non-hydrogen) atoms. The number of nitrogens with zero attached hydrogens (tertiary/aromatic N) is 1. The molecule has 0 amide bonds. The lowest BCUT2D eigenvalue weighted by atomic mass is 10.2. The molecule has 0 aliphatic rings. The summed E-state index contributed by atoms with van der Waals surface area (Å²) in [5.74, 6) is 0.795. The third kappa shape index (κ3) is 3.71. The van der Waals surface area contributed by atoms with Gasteiger partial charge in [0.15, 0.2) is 0 Å². The Hall–Kier alpha value is -1.11. The molecule has 0 saturated heterocycles. The summed E-state index contributed by atoms with van der Waals surface area (Å²) in [6.07, 6.45) is 0. The molecule has 104 valence electrons. The van der Waals surface area contributed by atoms with Crippen molar-refractivity contribution in [3.63, 3.8) is 0 Å². The summed E-state index contributed by atoms with van der Waals surface area (Å²) >= 11 is 12.7. The lowest BCUT2D eigenvalue weighted by Gasteiger charge is -2.09. The maximum Gasteiger partial charge on any atom is 0.274 e. The van der Waals surface area contributed by atoms with Crippen LogP contribution in [0.25, 0.3) is 0 Å². The number of non-ortho nitro benzene ring substituents is 1. The van der Waals surface area contributed by atoms with Gasteiger partial charge in [-0.25, -0.2) is 0 Å². The fourth-order valence-electron chi connectivity index (χ4n) is 1.55. The van der Waals surface area contributed by atoms with E-state index in [1.807, 2.05) is 6.07 Å². The minimum Gasteiger partial charge on any atom is -0.456 e. The molecule has 0 heterocycles. The van der Waals surface area contributed by atoms with Crippen molar-refractivity contribution in [1.29, 1.82) is 0 Å². The lowest BCUT2D eigenvalue weighted by Crippen LogP contribution is -1.91. The highest BCUT2D eigenvalue weighted by Crippen LogP contribution is 2.34. The van der Waals surface area contributed by atoms with Crippen LogP contribution >= 0.6 is 43.5 Å². The molecule has 0 bridgehead atoms. The predicted octanol–water partition coefficient (Wildman–Crippen LogP) is 5.70. The Morgan fingerprint density at radius 3 is 2.60 bits per heavy atom. The Bertz CT molecular complexity index is 664. The maximum atomic E-state index is 10.8. The summed E-state index contributed by atoms with van der Waals surface area (Å²) in [6.45, 7) is 0. The number of nitro groups is 1. The van der Waals surface area contributed by atoms with Crippen LogP contribution in [-0.2, 0) is 5.33 Å². The summed E-state index contributed by atoms with van der Waals surface area (Å²) < 4.78 is 6.16. The van der Waals surface area contributed by atoms with E-state index >= 15 is 0 Å². The fraction of sp³-hybridized carbons (Fsp3) is 0.0769. The van der Waals surface area contributed by atoms with Crippen LogP contribution < -0.4 is 4.74 Å². The van der Waals surface area contributed by atoms with Crippen molar-refractivity contribution in [2.45, 2.75) is 5.33 Å². The first-order chi connectivity index (χ1) is 9.49. The molecule has 0 fully saturated rings. The molecule has 0 aliphatic heterocycles. The summed E-state index contributed by atoms with van der Waals surface area (Å²) in [4.78, 5) is 10.3. The van der Waals surface area contributed by atoms with Crippen LogP contribution in [0, 0.1) is 10.1 Å². The van der Waals surface area contributed by atoms with Gasteiger partial charge in [-0.15, -0.1) is 0 Å². The van der Waals surface area contributed by atoms with Crippen LogP contribution in [0.1, 0.15) is 5.56 Å². The largest absolute Gasteiger partial charge is 0.456 e. The highest BCUT2D eigenvalue weighted by molar-refractivity contribution is 9.10. The van der Waals surface area contributed by atoms with Crippen molar-refractivity contribution in [2.75, 3.05) is 0 Å². The van der Waals surface area contributed by atoms with Gasteiger partial charge in [0.05, 0.1) is 16.0 Å². The zero-order chi connectivity index (χ0) is 14.7. The number of alkyl halides is 1. The molecular weight excluding hydrogens is 413 g/mol. The Morgan fingerprint density at radius 1 is 1.25 bits per heavy atom. The molecule has 0 aliphatic carbocycles. The van der Waals surface area contributed by atoms with Gasteiger partial charge in [-0.2, -0.15) is 0 Å². The Morgan fingerprint density at radius 2 is 2.00 bits per heavy atom. The number of hydrogen-bond donors (Lipinski definition) is 0. The Labute approximate surface area is 137 Å². The number of nitro benzene ring substituents is 1. The molecule has 0 radical (unpaired) electrons. The van der Waals surface area contributed by atoms with E-state index in [0.717, 1.165) is 5.56 Å². The molecule has 0 unspecified atom stereocenters. The summed E-state index contributed by atoms with van der Waals surface area (Å²) in [6, 6.07) is 9.76. The molecule has 2 aromatic rings. The molecule has 4 nitrogen and oxygen atoms in total. The maximum absolute atomic E-state index is 10.8. The van der Waals surface area contributed by atoms with Crippen molar-refractivity contribution in [3.05, 3.63) is 61.6 Å². The average Bonchev–Trinajstić information content (AvgIpc) is 2.40. The van der Waals surface area contributed by atoms with Gasteiger partial charge in [-0.05, 0) is 23.8 Å². The van der Waals surface area contributed by atoms with E-state index in [4.69, 9.17) is 16.3 Å². The highest BCUT2D eigenvalue weighted by atomic mass is 79.9. The fourth-order valence-corrected chi connectivity index (χ4v) is 2.60. The second kappa shape index (κ2) is 6.56. The number of rotatable bonds is 4. The van der Waals surface area contributed by atoms with E-state index in [-0.39, 0.29) is 5.69 Å². The van der Waals surface area contributed by atoms with Crippen molar-refractivity contribution >= 4 is 49.1 Å². The molecule has 0 aromatic heterocycles. The normalized spacial score (nSPS) is 10.3. The smallest absolute Gasteiger partial charge is 0.274 e. The van der Waals surface area contributed by atoms with Crippen LogP contribution in [0.15, 0.2) is 40.9 Å². The van der Waals surface area contributed by atoms with Crippen LogP contribution in [0.2, 0.25) is 5.02 Å². The minimum absolute atomic E-state index is 0.0532. The topological polar surface area (TPSA) is 52.4 Å². The monoisotopic (exact) mass is 419 g/mol. The van der Waals surface area contributed by atoms with Crippen LogP contribution in [0.4, 0.5) is 5.69 Å². The Balaban J connectivity index is 2.32. The molecular formula is C13H8Br2ClNO3. The summed E-state index contributed by atoms with van der Waals surface area (Å²) in [5, 5.41) is 11.9. The van der Waals surface area contributed by atoms with E-state index < -0.39 is 4.92 Å². The van der Waals surface area contributed by atoms with Gasteiger partial charge >= 0.3 is 0 Å². The van der Waals surface area contributed by atoms with E-state index in [1.54, 1.807) is 18.2 Å². The molecule has 0 N–H and O–H groups in total. The highest BCUT2D eigenvalue weighted by Gasteiger charge is 2.11. The molecule has 7 heteroatoms. The van der Waals surface area contributed by atoms with Crippen LogP contribution in [-0.4, -0.2) is 4.92 Å². The van der Waals surface area contributed by atoms with Gasteiger partial charge in [0, 0.05) is 15.9 Å². The van der Waals surface area contributed by atoms with Gasteiger partial charge in [0.25, 0.3) is 5.69 Å². The van der Waals surface area contributed by atoms with Gasteiger partial charge in [0.1, 0.15) is 11.5 Å². The van der Waals surface area contributed by atoms with Gasteiger partial charge in [0.2, 0.25) is 0 Å². The van der Waals surface area contributed by atoms with Crippen LogP contribution in [0.5, 0.6) is 11.5 Å². The van der Waals surface area contributed by atoms with Crippen molar-refractivity contribution < 1.29 is 9.66 Å². The number of hydrogen-bond acceptors (Lipinski definition) is 3. The first kappa shape index (κ1) is 15.3. The predicted molar refractivity (Wildman–Crippen MR) is 85.0 cm³/mol. The molecule has 0 saturated carbocycles. The molecule has 0 atom stereocenters. The van der Waals surface area contributed by atoms with Gasteiger partial charge in [-0.3, -0.25) is 10.1 Å². The second-order valence-corrected chi connectivity index (χ2v) is 5.79. The summed E-state index contributed by atoms with van der Waals surface area (Å²) in [5.41, 5.74) is 0.963. The number of benzene rings is 2. The van der Waals surface area contributed by atoms with E-state index in [1.165, 1.54) is 12.1 Å². The van der Waals surface area contributed by atoms with Gasteiger partial charge < -0.3 is 4.74 Å². The van der Waals surface area contributed by atoms with E-state index in [2.05, 4.69) is 31.9 Å². The third-order valence-corrected chi connectivity index (χ3v) is 3.85. The quantitative estimate of drug-likeness (QED) is 0.362. The minimum atomic E-state index is -0.479. The molecule has 0 spiro atoms. The standard InChI is InChI=1S/C13H8Br2ClNO3/c14-7-8-1-2-13(12(16)3-8)20-11-5-9(15)4-10(6-11)17(18)19/h1-6H,7H2. The summed E-state index contributed by atoms with van der Waals surface area (Å²) in [7, 11) is 0. The number of halogens is 3. The second-order valence-electron chi connectivity index (χ2n) is 3.90. The van der Waals surface area contributed by atoms with E-state index in [0.29, 0.717) is 26.3 Å². The molecule has 2 rings (SSSR count). The Kier molecular flexibility index (Phi) is 5.01. The lowest BCUT2D eigenvalue weighted by molar-refractivity contribution is -0.385. The third-order valence-electron chi connectivity index (χ3n) is 2.45. The van der Waals surface area contributed by atoms with Crippen molar-refractivity contribution in [2.24, 2.45) is 0 Å². The number of ether oxygens (including phenoxy) is 1. The SMILES string of the molecule is O=[N+]([O-])c1cc(Br)cc(Oc2ccc(CBr)cc2Cl)c1.